The van der Waals surface area contributed by atoms with Crippen molar-refractivity contribution in [2.24, 2.45) is 0 Å². The van der Waals surface area contributed by atoms with Crippen molar-refractivity contribution in [3.05, 3.63) is 54.2 Å². The van der Waals surface area contributed by atoms with Gasteiger partial charge < -0.3 is 4.57 Å². The minimum absolute atomic E-state index is 0.358. The van der Waals surface area contributed by atoms with Gasteiger partial charge in [-0.2, -0.15) is 0 Å². The van der Waals surface area contributed by atoms with Gasteiger partial charge in [-0.25, -0.2) is 8.42 Å². The Kier molecular flexibility index (Phi) is 2.83. The van der Waals surface area contributed by atoms with Gasteiger partial charge in [0, 0.05) is 19.0 Å². The van der Waals surface area contributed by atoms with E-state index in [0.29, 0.717) is 11.6 Å². The zero-order chi connectivity index (χ0) is 11.6. The van der Waals surface area contributed by atoms with Crippen LogP contribution in [0, 0.1) is 0 Å². The molecule has 0 spiro atoms. The molecule has 2 aromatic rings. The highest BCUT2D eigenvalue weighted by atomic mass is 32.2. The molecule has 0 amide bonds. The molecule has 0 radical (unpaired) electrons. The van der Waals surface area contributed by atoms with Gasteiger partial charge in [-0.3, -0.25) is 0 Å². The van der Waals surface area contributed by atoms with Gasteiger partial charge in [0.15, 0.2) is 9.84 Å². The van der Waals surface area contributed by atoms with Gasteiger partial charge in [-0.1, -0.05) is 30.3 Å². The topological polar surface area (TPSA) is 39.1 Å². The van der Waals surface area contributed by atoms with E-state index in [1.54, 1.807) is 22.9 Å². The molecule has 1 aromatic heterocycles. The highest BCUT2D eigenvalue weighted by molar-refractivity contribution is 7.90. The summed E-state index contributed by atoms with van der Waals surface area (Å²) in [6, 6.07) is 13.2. The van der Waals surface area contributed by atoms with Crippen molar-refractivity contribution in [1.82, 2.24) is 4.57 Å². The maximum Gasteiger partial charge on any atom is 0.190 e. The fourth-order valence-corrected chi connectivity index (χ4v) is 2.52. The van der Waals surface area contributed by atoms with Crippen molar-refractivity contribution in [1.29, 1.82) is 0 Å². The highest BCUT2D eigenvalue weighted by Gasteiger charge is 2.11. The molecule has 0 N–H and O–H groups in total. The second-order valence-electron chi connectivity index (χ2n) is 3.73. The van der Waals surface area contributed by atoms with Crippen molar-refractivity contribution >= 4 is 9.84 Å². The number of aromatic nitrogens is 1. The minimum atomic E-state index is -3.15. The van der Waals surface area contributed by atoms with E-state index in [4.69, 9.17) is 0 Å². The van der Waals surface area contributed by atoms with Crippen LogP contribution in [0.2, 0.25) is 0 Å². The normalized spacial score (nSPS) is 11.6. The standard InChI is InChI=1S/C12H13NO2S/c1-16(14,15)12-8-5-9-13(12)10-11-6-3-2-4-7-11/h2-9H,10H2,1H3. The second kappa shape index (κ2) is 4.14. The van der Waals surface area contributed by atoms with Gasteiger partial charge in [-0.05, 0) is 17.7 Å². The lowest BCUT2D eigenvalue weighted by Crippen LogP contribution is -2.08. The van der Waals surface area contributed by atoms with E-state index in [1.165, 1.54) is 6.26 Å². The number of nitrogens with zero attached hydrogens (tertiary/aromatic N) is 1. The number of sulfone groups is 1. The van der Waals surface area contributed by atoms with Crippen LogP contribution in [0.15, 0.2) is 53.7 Å². The first-order chi connectivity index (χ1) is 7.57. The summed E-state index contributed by atoms with van der Waals surface area (Å²) in [6.07, 6.45) is 3.01. The maximum atomic E-state index is 11.5. The first-order valence-electron chi connectivity index (χ1n) is 4.96. The third-order valence-corrected chi connectivity index (χ3v) is 3.49. The van der Waals surface area contributed by atoms with Gasteiger partial charge >= 0.3 is 0 Å². The van der Waals surface area contributed by atoms with E-state index in [1.807, 2.05) is 30.3 Å². The molecule has 0 aliphatic rings. The van der Waals surface area contributed by atoms with E-state index >= 15 is 0 Å². The molecular formula is C12H13NO2S. The summed E-state index contributed by atoms with van der Waals surface area (Å²) in [4.78, 5) is 0. The molecule has 3 nitrogen and oxygen atoms in total. The zero-order valence-electron chi connectivity index (χ0n) is 9.00. The van der Waals surface area contributed by atoms with Crippen LogP contribution in [-0.2, 0) is 16.4 Å². The summed E-state index contributed by atoms with van der Waals surface area (Å²) in [5.41, 5.74) is 1.09. The molecule has 1 aromatic carbocycles. The Hall–Kier alpha value is -1.55. The van der Waals surface area contributed by atoms with E-state index < -0.39 is 9.84 Å². The van der Waals surface area contributed by atoms with Gasteiger partial charge in [0.2, 0.25) is 0 Å². The number of hydrogen-bond acceptors (Lipinski definition) is 2. The summed E-state index contributed by atoms with van der Waals surface area (Å²) >= 11 is 0. The lowest BCUT2D eigenvalue weighted by atomic mass is 10.2. The Morgan fingerprint density at radius 1 is 1.06 bits per heavy atom. The summed E-state index contributed by atoms with van der Waals surface area (Å²) in [6.45, 7) is 0.580. The second-order valence-corrected chi connectivity index (χ2v) is 5.69. The smallest absolute Gasteiger partial charge is 0.190 e. The van der Waals surface area contributed by atoms with Crippen LogP contribution in [0.3, 0.4) is 0 Å². The summed E-state index contributed by atoms with van der Waals surface area (Å²) in [7, 11) is -3.15. The van der Waals surface area contributed by atoms with Crippen LogP contribution in [-0.4, -0.2) is 19.2 Å². The van der Waals surface area contributed by atoms with Gasteiger partial charge in [0.05, 0.1) is 0 Å². The van der Waals surface area contributed by atoms with E-state index in [-0.39, 0.29) is 0 Å². The van der Waals surface area contributed by atoms with Gasteiger partial charge in [-0.15, -0.1) is 0 Å². The molecule has 84 valence electrons. The SMILES string of the molecule is CS(=O)(=O)c1cccn1Cc1ccccc1. The Labute approximate surface area is 95.3 Å². The highest BCUT2D eigenvalue weighted by Crippen LogP contribution is 2.12. The quantitative estimate of drug-likeness (QED) is 0.815. The molecule has 0 aliphatic heterocycles. The van der Waals surface area contributed by atoms with Crippen molar-refractivity contribution in [3.63, 3.8) is 0 Å². The molecule has 2 rings (SSSR count). The van der Waals surface area contributed by atoms with Crippen molar-refractivity contribution < 1.29 is 8.42 Å². The van der Waals surface area contributed by atoms with E-state index in [2.05, 4.69) is 0 Å². The lowest BCUT2D eigenvalue weighted by Gasteiger charge is -2.07. The molecule has 0 saturated carbocycles. The van der Waals surface area contributed by atoms with Crippen molar-refractivity contribution in [2.45, 2.75) is 11.6 Å². The molecule has 1 heterocycles. The molecule has 0 fully saturated rings. The number of hydrogen-bond donors (Lipinski definition) is 0. The lowest BCUT2D eigenvalue weighted by molar-refractivity contribution is 0.587. The molecule has 0 atom stereocenters. The van der Waals surface area contributed by atoms with Gasteiger partial charge in [0.1, 0.15) is 5.03 Å². The van der Waals surface area contributed by atoms with Crippen molar-refractivity contribution in [2.75, 3.05) is 6.26 Å². The number of rotatable bonds is 3. The Morgan fingerprint density at radius 3 is 2.38 bits per heavy atom. The molecule has 0 unspecified atom stereocenters. The Bertz CT molecular complexity index is 570. The molecular weight excluding hydrogens is 222 g/mol. The maximum absolute atomic E-state index is 11.5. The summed E-state index contributed by atoms with van der Waals surface area (Å²) in [5, 5.41) is 0.358. The fraction of sp³-hybridized carbons (Fsp3) is 0.167. The average Bonchev–Trinajstić information content (AvgIpc) is 2.67. The van der Waals surface area contributed by atoms with Crippen molar-refractivity contribution in [3.8, 4) is 0 Å². The van der Waals surface area contributed by atoms with Crippen LogP contribution in [0.1, 0.15) is 5.56 Å². The molecule has 16 heavy (non-hydrogen) atoms. The summed E-state index contributed by atoms with van der Waals surface area (Å²) < 4.78 is 24.7. The molecule has 0 saturated heterocycles. The predicted octanol–water partition coefficient (Wildman–Crippen LogP) is 1.94. The third-order valence-electron chi connectivity index (χ3n) is 2.36. The monoisotopic (exact) mass is 235 g/mol. The van der Waals surface area contributed by atoms with E-state index in [0.717, 1.165) is 5.56 Å². The average molecular weight is 235 g/mol. The predicted molar refractivity (Wildman–Crippen MR) is 63.1 cm³/mol. The number of benzene rings is 1. The van der Waals surface area contributed by atoms with Gasteiger partial charge in [0.25, 0.3) is 0 Å². The van der Waals surface area contributed by atoms with E-state index in [9.17, 15) is 8.42 Å². The summed E-state index contributed by atoms with van der Waals surface area (Å²) in [5.74, 6) is 0. The zero-order valence-corrected chi connectivity index (χ0v) is 9.81. The van der Waals surface area contributed by atoms with Crippen LogP contribution in [0.4, 0.5) is 0 Å². The van der Waals surface area contributed by atoms with Crippen LogP contribution >= 0.6 is 0 Å². The Morgan fingerprint density at radius 2 is 1.75 bits per heavy atom. The minimum Gasteiger partial charge on any atom is -0.334 e. The third kappa shape index (κ3) is 2.33. The Balaban J connectivity index is 2.34. The fourth-order valence-electron chi connectivity index (χ4n) is 1.65. The van der Waals surface area contributed by atoms with Crippen LogP contribution in [0.5, 0.6) is 0 Å². The first-order valence-corrected chi connectivity index (χ1v) is 6.85. The molecule has 4 heteroatoms. The largest absolute Gasteiger partial charge is 0.334 e. The first kappa shape index (κ1) is 11.0. The van der Waals surface area contributed by atoms with Crippen LogP contribution in [0.25, 0.3) is 0 Å². The van der Waals surface area contributed by atoms with Crippen LogP contribution < -0.4 is 0 Å². The molecule has 0 bridgehead atoms. The molecule has 0 aliphatic carbocycles.